The number of hydrogen-bond acceptors (Lipinski definition) is 7. The summed E-state index contributed by atoms with van der Waals surface area (Å²) in [6.45, 7) is 1.43. The third-order valence-corrected chi connectivity index (χ3v) is 7.04. The van der Waals surface area contributed by atoms with Crippen LogP contribution in [0.25, 0.3) is 0 Å². The number of piperidine rings is 1. The number of amides is 1. The zero-order valence-electron chi connectivity index (χ0n) is 17.7. The van der Waals surface area contributed by atoms with E-state index in [1.54, 1.807) is 6.92 Å². The number of nitrogens with zero attached hydrogens (tertiary/aromatic N) is 2. The Kier molecular flexibility index (Phi) is 7.39. The molecule has 0 aliphatic carbocycles. The van der Waals surface area contributed by atoms with E-state index in [9.17, 15) is 32.5 Å². The summed E-state index contributed by atoms with van der Waals surface area (Å²) in [5, 5.41) is 13.3. The minimum absolute atomic E-state index is 0.136. The van der Waals surface area contributed by atoms with Crippen LogP contribution in [-0.4, -0.2) is 49.2 Å². The summed E-state index contributed by atoms with van der Waals surface area (Å²) < 4.78 is 46.0. The van der Waals surface area contributed by atoms with E-state index in [1.807, 2.05) is 0 Å². The smallest absolute Gasteiger partial charge is 0.338 e. The molecule has 0 spiro atoms. The number of non-ortho nitro benzene ring substituents is 1. The van der Waals surface area contributed by atoms with Crippen molar-refractivity contribution in [2.45, 2.75) is 31.1 Å². The van der Waals surface area contributed by atoms with Crippen molar-refractivity contribution >= 4 is 33.3 Å². The molecule has 12 heteroatoms. The van der Waals surface area contributed by atoms with Crippen LogP contribution < -0.4 is 5.32 Å². The molecule has 1 heterocycles. The molecule has 0 bridgehead atoms. The zero-order valence-corrected chi connectivity index (χ0v) is 18.6. The van der Waals surface area contributed by atoms with Gasteiger partial charge in [-0.2, -0.15) is 4.31 Å². The molecule has 1 N–H and O–H groups in total. The number of nitrogens with one attached hydrogen (secondary N) is 1. The van der Waals surface area contributed by atoms with Crippen molar-refractivity contribution in [3.05, 3.63) is 63.5 Å². The number of benzene rings is 2. The van der Waals surface area contributed by atoms with Gasteiger partial charge in [-0.1, -0.05) is 6.42 Å². The number of nitro groups is 1. The summed E-state index contributed by atoms with van der Waals surface area (Å²) in [6.07, 6.45) is 2.24. The van der Waals surface area contributed by atoms with Gasteiger partial charge < -0.3 is 10.1 Å². The van der Waals surface area contributed by atoms with Gasteiger partial charge in [0.25, 0.3) is 11.6 Å². The van der Waals surface area contributed by atoms with Crippen molar-refractivity contribution in [1.82, 2.24) is 4.31 Å². The number of ether oxygens (including phenoxy) is 1. The molecule has 176 valence electrons. The van der Waals surface area contributed by atoms with Gasteiger partial charge in [-0.3, -0.25) is 14.9 Å². The number of carbonyl (C=O) groups excluding carboxylic acids is 2. The van der Waals surface area contributed by atoms with Crippen molar-refractivity contribution in [1.29, 1.82) is 0 Å². The summed E-state index contributed by atoms with van der Waals surface area (Å²) in [7, 11) is -4.11. The first kappa shape index (κ1) is 24.3. The van der Waals surface area contributed by atoms with Gasteiger partial charge in [-0.25, -0.2) is 17.6 Å². The van der Waals surface area contributed by atoms with Crippen molar-refractivity contribution in [3.8, 4) is 0 Å². The van der Waals surface area contributed by atoms with Crippen LogP contribution in [0, 0.1) is 22.9 Å². The fourth-order valence-electron chi connectivity index (χ4n) is 3.37. The van der Waals surface area contributed by atoms with Crippen LogP contribution in [0.15, 0.2) is 41.3 Å². The predicted octanol–water partition coefficient (Wildman–Crippen LogP) is 3.01. The first-order chi connectivity index (χ1) is 15.6. The lowest BCUT2D eigenvalue weighted by atomic mass is 10.2. The van der Waals surface area contributed by atoms with Gasteiger partial charge in [0.1, 0.15) is 10.7 Å². The Balaban J connectivity index is 1.66. The molecular weight excluding hydrogens is 457 g/mol. The fourth-order valence-corrected chi connectivity index (χ4v) is 4.98. The Morgan fingerprint density at radius 1 is 1.15 bits per heavy atom. The van der Waals surface area contributed by atoms with Crippen LogP contribution in [-0.2, 0) is 19.6 Å². The van der Waals surface area contributed by atoms with E-state index in [-0.39, 0.29) is 24.3 Å². The van der Waals surface area contributed by atoms with Gasteiger partial charge in [0.05, 0.1) is 10.5 Å². The summed E-state index contributed by atoms with van der Waals surface area (Å²) in [4.78, 5) is 34.1. The molecule has 10 nitrogen and oxygen atoms in total. The third-order valence-electron chi connectivity index (χ3n) is 5.13. The molecule has 0 saturated carbocycles. The number of sulfonamides is 1. The number of esters is 1. The summed E-state index contributed by atoms with van der Waals surface area (Å²) >= 11 is 0. The lowest BCUT2D eigenvalue weighted by molar-refractivity contribution is -0.384. The highest BCUT2D eigenvalue weighted by Crippen LogP contribution is 2.24. The number of carbonyl (C=O) groups is 2. The second kappa shape index (κ2) is 10.0. The average molecular weight is 479 g/mol. The van der Waals surface area contributed by atoms with E-state index >= 15 is 0 Å². The highest BCUT2D eigenvalue weighted by Gasteiger charge is 2.29. The maximum absolute atomic E-state index is 14.3. The average Bonchev–Trinajstić information content (AvgIpc) is 2.79. The van der Waals surface area contributed by atoms with Gasteiger partial charge >= 0.3 is 5.97 Å². The largest absolute Gasteiger partial charge is 0.452 e. The fraction of sp³-hybridized carbons (Fsp3) is 0.333. The molecule has 1 aliphatic rings. The second-order valence-corrected chi connectivity index (χ2v) is 9.40. The van der Waals surface area contributed by atoms with Crippen molar-refractivity contribution in [3.63, 3.8) is 0 Å². The first-order valence-electron chi connectivity index (χ1n) is 10.1. The predicted molar refractivity (Wildman–Crippen MR) is 116 cm³/mol. The van der Waals surface area contributed by atoms with Gasteiger partial charge in [0, 0.05) is 30.9 Å². The lowest BCUT2D eigenvalue weighted by Crippen LogP contribution is -2.36. The van der Waals surface area contributed by atoms with E-state index in [2.05, 4.69) is 5.32 Å². The monoisotopic (exact) mass is 479 g/mol. The Morgan fingerprint density at radius 3 is 2.48 bits per heavy atom. The van der Waals surface area contributed by atoms with Crippen LogP contribution in [0.2, 0.25) is 0 Å². The molecular formula is C21H22FN3O7S. The number of halogens is 1. The molecule has 0 aromatic heterocycles. The zero-order chi connectivity index (χ0) is 24.2. The quantitative estimate of drug-likeness (QED) is 0.366. The molecule has 1 amide bonds. The molecule has 2 aromatic rings. The highest BCUT2D eigenvalue weighted by atomic mass is 32.2. The highest BCUT2D eigenvalue weighted by molar-refractivity contribution is 7.89. The van der Waals surface area contributed by atoms with Gasteiger partial charge in [0.15, 0.2) is 6.61 Å². The van der Waals surface area contributed by atoms with Crippen molar-refractivity contribution in [2.24, 2.45) is 0 Å². The number of hydrogen-bond donors (Lipinski definition) is 1. The molecule has 1 saturated heterocycles. The van der Waals surface area contributed by atoms with Crippen LogP contribution in [0.4, 0.5) is 15.8 Å². The molecule has 0 radical (unpaired) electrons. The minimum atomic E-state index is -4.11. The van der Waals surface area contributed by atoms with E-state index in [0.717, 1.165) is 24.6 Å². The van der Waals surface area contributed by atoms with Gasteiger partial charge in [-0.05, 0) is 49.6 Å². The molecule has 2 aromatic carbocycles. The maximum Gasteiger partial charge on any atom is 0.338 e. The van der Waals surface area contributed by atoms with Crippen LogP contribution >= 0.6 is 0 Å². The van der Waals surface area contributed by atoms with E-state index in [4.69, 9.17) is 4.74 Å². The summed E-state index contributed by atoms with van der Waals surface area (Å²) in [5.74, 6) is -2.69. The summed E-state index contributed by atoms with van der Waals surface area (Å²) in [5.41, 5.74) is 0.392. The minimum Gasteiger partial charge on any atom is -0.452 e. The van der Waals surface area contributed by atoms with Crippen molar-refractivity contribution in [2.75, 3.05) is 25.0 Å². The number of nitro benzene ring substituents is 1. The Bertz CT molecular complexity index is 1190. The number of anilines is 1. The lowest BCUT2D eigenvalue weighted by Gasteiger charge is -2.26. The molecule has 1 fully saturated rings. The molecule has 1 aliphatic heterocycles. The molecule has 0 unspecified atom stereocenters. The molecule has 33 heavy (non-hydrogen) atoms. The van der Waals surface area contributed by atoms with Gasteiger partial charge in [0.2, 0.25) is 10.0 Å². The number of rotatable bonds is 7. The first-order valence-corrected chi connectivity index (χ1v) is 11.6. The second-order valence-electron chi connectivity index (χ2n) is 7.49. The van der Waals surface area contributed by atoms with Crippen LogP contribution in [0.1, 0.15) is 35.2 Å². The topological polar surface area (TPSA) is 136 Å². The maximum atomic E-state index is 14.3. The Morgan fingerprint density at radius 2 is 1.85 bits per heavy atom. The van der Waals surface area contributed by atoms with Crippen LogP contribution in [0.3, 0.4) is 0 Å². The summed E-state index contributed by atoms with van der Waals surface area (Å²) in [6, 6.07) is 6.70. The standard InChI is InChI=1S/C21H22FN3O7S/c1-14-11-16(25(28)29)6-8-18(14)23-20(26)13-32-21(27)15-5-7-17(22)19(12-15)33(30,31)24-9-3-2-4-10-24/h5-8,11-12H,2-4,9-10,13H2,1H3,(H,23,26). The Labute approximate surface area is 189 Å². The third kappa shape index (κ3) is 5.71. The van der Waals surface area contributed by atoms with E-state index in [1.165, 1.54) is 22.5 Å². The van der Waals surface area contributed by atoms with E-state index < -0.39 is 44.1 Å². The normalized spacial score (nSPS) is 14.5. The number of aryl methyl sites for hydroxylation is 1. The molecule has 0 atom stereocenters. The van der Waals surface area contributed by atoms with Gasteiger partial charge in [-0.15, -0.1) is 0 Å². The molecule has 3 rings (SSSR count). The SMILES string of the molecule is Cc1cc([N+](=O)[O-])ccc1NC(=O)COC(=O)c1ccc(F)c(S(=O)(=O)N2CCCCC2)c1. The van der Waals surface area contributed by atoms with E-state index in [0.29, 0.717) is 24.1 Å². The Hall–Kier alpha value is -3.38. The van der Waals surface area contributed by atoms with Crippen molar-refractivity contribution < 1.29 is 32.1 Å². The van der Waals surface area contributed by atoms with Crippen LogP contribution in [0.5, 0.6) is 0 Å².